The highest BCUT2D eigenvalue weighted by Crippen LogP contribution is 2.28. The molecule has 0 bridgehead atoms. The van der Waals surface area contributed by atoms with E-state index in [0.29, 0.717) is 23.6 Å². The van der Waals surface area contributed by atoms with Crippen LogP contribution in [0.2, 0.25) is 0 Å². The van der Waals surface area contributed by atoms with Gasteiger partial charge in [0.2, 0.25) is 0 Å². The minimum atomic E-state index is -0.890. The van der Waals surface area contributed by atoms with Gasteiger partial charge in [-0.2, -0.15) is 0 Å². The van der Waals surface area contributed by atoms with Gasteiger partial charge in [-0.25, -0.2) is 13.8 Å². The van der Waals surface area contributed by atoms with E-state index in [2.05, 4.69) is 25.4 Å². The van der Waals surface area contributed by atoms with Gasteiger partial charge >= 0.3 is 0 Å². The van der Waals surface area contributed by atoms with E-state index < -0.39 is 11.6 Å². The summed E-state index contributed by atoms with van der Waals surface area (Å²) in [6.45, 7) is 9.11. The van der Waals surface area contributed by atoms with Gasteiger partial charge in [-0.05, 0) is 62.9 Å². The van der Waals surface area contributed by atoms with E-state index in [-0.39, 0.29) is 17.2 Å². The first kappa shape index (κ1) is 26.6. The summed E-state index contributed by atoms with van der Waals surface area (Å²) in [5, 5.41) is 0.858. The zero-order valence-electron chi connectivity index (χ0n) is 20.7. The Morgan fingerprint density at radius 1 is 1.03 bits per heavy atom. The van der Waals surface area contributed by atoms with Gasteiger partial charge in [0.1, 0.15) is 12.4 Å². The van der Waals surface area contributed by atoms with Gasteiger partial charge in [0.25, 0.3) is 0 Å². The molecule has 3 nitrogen and oxygen atoms in total. The Balaban J connectivity index is 1.61. The average molecular weight is 480 g/mol. The molecule has 0 amide bonds. The summed E-state index contributed by atoms with van der Waals surface area (Å²) >= 11 is 0. The molecule has 0 aliphatic carbocycles. The Kier molecular flexibility index (Phi) is 10.4. The summed E-state index contributed by atoms with van der Waals surface area (Å²) in [6.07, 6.45) is 11.6. The normalized spacial score (nSPS) is 12.3. The Bertz CT molecular complexity index is 1140. The van der Waals surface area contributed by atoms with Crippen molar-refractivity contribution >= 4 is 17.0 Å². The van der Waals surface area contributed by atoms with Crippen LogP contribution in [-0.2, 0) is 4.74 Å². The number of rotatable bonds is 14. The van der Waals surface area contributed by atoms with Crippen LogP contribution < -0.4 is 4.74 Å². The van der Waals surface area contributed by atoms with Crippen LogP contribution in [0.5, 0.6) is 5.75 Å². The monoisotopic (exact) mass is 479 g/mol. The fourth-order valence-electron chi connectivity index (χ4n) is 3.84. The molecule has 0 aliphatic heterocycles. The number of unbranched alkanes of at least 4 members (excludes halogenated alkanes) is 3. The lowest BCUT2D eigenvalue weighted by Crippen LogP contribution is -2.08. The minimum Gasteiger partial charge on any atom is -0.490 e. The Morgan fingerprint density at radius 3 is 2.69 bits per heavy atom. The second kappa shape index (κ2) is 13.7. The molecular weight excluding hydrogens is 444 g/mol. The van der Waals surface area contributed by atoms with Gasteiger partial charge in [0.05, 0.1) is 17.3 Å². The lowest BCUT2D eigenvalue weighted by atomic mass is 10.0. The Morgan fingerprint density at radius 2 is 1.89 bits per heavy atom. The summed E-state index contributed by atoms with van der Waals surface area (Å²) in [5.41, 5.74) is 1.44. The van der Waals surface area contributed by atoms with Crippen molar-refractivity contribution in [2.24, 2.45) is 0 Å². The molecule has 3 rings (SSSR count). The van der Waals surface area contributed by atoms with Gasteiger partial charge in [-0.15, -0.1) is 0 Å². The van der Waals surface area contributed by atoms with Crippen molar-refractivity contribution in [3.63, 3.8) is 0 Å². The quantitative estimate of drug-likeness (QED) is 0.171. The number of pyridine rings is 1. The van der Waals surface area contributed by atoms with Crippen molar-refractivity contribution in [2.45, 2.75) is 58.5 Å². The summed E-state index contributed by atoms with van der Waals surface area (Å²) < 4.78 is 41.0. The van der Waals surface area contributed by atoms with Crippen LogP contribution in [-0.4, -0.2) is 24.3 Å². The maximum Gasteiger partial charge on any atom is 0.168 e. The first-order chi connectivity index (χ1) is 17.0. The smallest absolute Gasteiger partial charge is 0.168 e. The van der Waals surface area contributed by atoms with Gasteiger partial charge in [-0.1, -0.05) is 56.7 Å². The van der Waals surface area contributed by atoms with E-state index in [1.54, 1.807) is 42.5 Å². The molecule has 1 aromatic heterocycles. The third-order valence-corrected chi connectivity index (χ3v) is 5.85. The molecule has 0 fully saturated rings. The van der Waals surface area contributed by atoms with Gasteiger partial charge in [0.15, 0.2) is 11.6 Å². The molecule has 2 aromatic carbocycles. The van der Waals surface area contributed by atoms with Crippen LogP contribution in [0.15, 0.2) is 61.2 Å². The third kappa shape index (κ3) is 7.72. The molecule has 0 spiro atoms. The third-order valence-electron chi connectivity index (χ3n) is 5.85. The predicted molar refractivity (Wildman–Crippen MR) is 141 cm³/mol. The highest BCUT2D eigenvalue weighted by molar-refractivity contribution is 5.83. The number of ether oxygens (including phenoxy) is 2. The second-order valence-electron chi connectivity index (χ2n) is 8.70. The van der Waals surface area contributed by atoms with Crippen LogP contribution in [0.1, 0.15) is 57.9 Å². The molecule has 0 saturated carbocycles. The first-order valence-corrected chi connectivity index (χ1v) is 12.4. The molecule has 0 saturated heterocycles. The van der Waals surface area contributed by atoms with E-state index in [9.17, 15) is 8.78 Å². The van der Waals surface area contributed by atoms with Crippen molar-refractivity contribution in [2.75, 3.05) is 13.2 Å². The predicted octanol–water partition coefficient (Wildman–Crippen LogP) is 8.52. The minimum absolute atomic E-state index is 0.141. The van der Waals surface area contributed by atoms with Crippen molar-refractivity contribution < 1.29 is 18.3 Å². The number of hydrogen-bond donors (Lipinski definition) is 0. The fraction of sp³-hybridized carbons (Fsp3) is 0.367. The van der Waals surface area contributed by atoms with E-state index in [0.717, 1.165) is 37.7 Å². The molecule has 186 valence electrons. The highest BCUT2D eigenvalue weighted by Gasteiger charge is 2.15. The molecule has 3 aromatic rings. The summed E-state index contributed by atoms with van der Waals surface area (Å²) in [7, 11) is 0. The number of hydrogen-bond acceptors (Lipinski definition) is 3. The number of fused-ring (bicyclic) bond motifs is 1. The summed E-state index contributed by atoms with van der Waals surface area (Å²) in [4.78, 5) is 4.52. The van der Waals surface area contributed by atoms with Gasteiger partial charge < -0.3 is 9.47 Å². The first-order valence-electron chi connectivity index (χ1n) is 12.4. The zero-order valence-corrected chi connectivity index (χ0v) is 20.7. The lowest BCUT2D eigenvalue weighted by molar-refractivity contribution is 0.0566. The molecule has 1 atom stereocenters. The van der Waals surface area contributed by atoms with Crippen molar-refractivity contribution in [1.29, 1.82) is 0 Å². The van der Waals surface area contributed by atoms with Crippen LogP contribution in [0.25, 0.3) is 28.2 Å². The average Bonchev–Trinajstić information content (AvgIpc) is 2.87. The van der Waals surface area contributed by atoms with Crippen LogP contribution in [0, 0.1) is 11.6 Å². The molecule has 1 heterocycles. The molecule has 0 radical (unpaired) electrons. The number of nitrogens with zero attached hydrogens (tertiary/aromatic N) is 1. The van der Waals surface area contributed by atoms with Crippen LogP contribution in [0.4, 0.5) is 8.78 Å². The number of halogens is 2. The summed E-state index contributed by atoms with van der Waals surface area (Å²) in [6, 6.07) is 12.2. The Hall–Kier alpha value is -3.05. The standard InChI is InChI=1S/C30H35F2NO2/c1-4-6-10-20-34-22(3)11-8-7-9-12-23-13-16-26(30(32)29(23)31)28-17-14-24-21-25(35-19-5-2)15-18-27(24)33-28/h5,9,12-18,21-22H,2,4,6-8,10-11,19-20H2,1,3H3. The lowest BCUT2D eigenvalue weighted by Gasteiger charge is -2.12. The Labute approximate surface area is 207 Å². The van der Waals surface area contributed by atoms with Crippen molar-refractivity contribution in [3.05, 3.63) is 78.4 Å². The molecule has 0 N–H and O–H groups in total. The highest BCUT2D eigenvalue weighted by atomic mass is 19.2. The maximum absolute atomic E-state index is 14.9. The molecule has 1 unspecified atom stereocenters. The van der Waals surface area contributed by atoms with E-state index in [4.69, 9.17) is 9.47 Å². The second-order valence-corrected chi connectivity index (χ2v) is 8.70. The molecular formula is C30H35F2NO2. The van der Waals surface area contributed by atoms with Crippen LogP contribution >= 0.6 is 0 Å². The summed E-state index contributed by atoms with van der Waals surface area (Å²) in [5.74, 6) is -1.05. The van der Waals surface area contributed by atoms with E-state index >= 15 is 0 Å². The van der Waals surface area contributed by atoms with Crippen molar-refractivity contribution in [1.82, 2.24) is 4.98 Å². The zero-order chi connectivity index (χ0) is 25.0. The topological polar surface area (TPSA) is 31.4 Å². The number of aromatic nitrogens is 1. The van der Waals surface area contributed by atoms with Crippen LogP contribution in [0.3, 0.4) is 0 Å². The van der Waals surface area contributed by atoms with Gasteiger partial charge in [-0.3, -0.25) is 0 Å². The molecule has 35 heavy (non-hydrogen) atoms. The molecule has 5 heteroatoms. The maximum atomic E-state index is 14.9. The number of allylic oxidation sites excluding steroid dienone is 1. The van der Waals surface area contributed by atoms with E-state index in [1.165, 1.54) is 12.8 Å². The SMILES string of the molecule is C=CCOc1ccc2nc(-c3ccc(C=CCCCC(C)OCCCCC)c(F)c3F)ccc2c1. The van der Waals surface area contributed by atoms with Crippen molar-refractivity contribution in [3.8, 4) is 17.0 Å². The fourth-order valence-corrected chi connectivity index (χ4v) is 3.84. The number of benzene rings is 2. The van der Waals surface area contributed by atoms with E-state index in [1.807, 2.05) is 18.2 Å². The molecule has 0 aliphatic rings. The van der Waals surface area contributed by atoms with Gasteiger partial charge in [0, 0.05) is 23.1 Å². The largest absolute Gasteiger partial charge is 0.490 e.